The monoisotopic (exact) mass is 480 g/mol. The predicted octanol–water partition coefficient (Wildman–Crippen LogP) is 3.87. The summed E-state index contributed by atoms with van der Waals surface area (Å²) in [4.78, 5) is 17.8. The van der Waals surface area contributed by atoms with E-state index in [1.54, 1.807) is 26.5 Å². The van der Waals surface area contributed by atoms with E-state index >= 15 is 0 Å². The minimum atomic E-state index is -0.195. The van der Waals surface area contributed by atoms with Gasteiger partial charge in [0.15, 0.2) is 11.5 Å². The number of nitrogens with one attached hydrogen (secondary N) is 1. The Kier molecular flexibility index (Phi) is 6.53. The van der Waals surface area contributed by atoms with Crippen LogP contribution in [0.25, 0.3) is 27.7 Å². The van der Waals surface area contributed by atoms with Gasteiger partial charge in [-0.25, -0.2) is 4.68 Å². The van der Waals surface area contributed by atoms with Crippen molar-refractivity contribution in [2.24, 2.45) is 0 Å². The number of benzene rings is 3. The van der Waals surface area contributed by atoms with Crippen LogP contribution in [0.1, 0.15) is 15.9 Å². The number of carbonyl (C=O) groups excluding carboxylic acids is 1. The van der Waals surface area contributed by atoms with Gasteiger partial charge in [-0.3, -0.25) is 9.78 Å². The first-order valence-electron chi connectivity index (χ1n) is 11.4. The van der Waals surface area contributed by atoms with Crippen molar-refractivity contribution in [3.8, 4) is 28.3 Å². The molecule has 1 N–H and O–H groups in total. The standard InChI is InChI=1S/C27H24N6O3/c1-35-24-9-8-18(13-25(24)36-2)10-12-29-27(34)21-14-20(15-22(16-21)33-17-30-31-32-33)23-7-3-5-19-6-4-11-28-26(19)23/h3-9,11,13-17H,10,12H2,1-2H3,(H,29,34). The quantitative estimate of drug-likeness (QED) is 0.360. The molecule has 3 aromatic carbocycles. The maximum absolute atomic E-state index is 13.2. The number of ether oxygens (including phenoxy) is 2. The highest BCUT2D eigenvalue weighted by molar-refractivity contribution is 5.99. The van der Waals surface area contributed by atoms with Crippen LogP contribution >= 0.6 is 0 Å². The third-order valence-corrected chi connectivity index (χ3v) is 5.88. The van der Waals surface area contributed by atoms with Gasteiger partial charge in [0.05, 0.1) is 25.4 Å². The molecule has 0 atom stereocenters. The van der Waals surface area contributed by atoms with Gasteiger partial charge < -0.3 is 14.8 Å². The Bertz CT molecular complexity index is 1510. The number of fused-ring (bicyclic) bond motifs is 1. The van der Waals surface area contributed by atoms with Crippen molar-refractivity contribution >= 4 is 16.8 Å². The Hall–Kier alpha value is -4.79. The number of pyridine rings is 1. The SMILES string of the molecule is COc1ccc(CCNC(=O)c2cc(-c3cccc4cccnc34)cc(-n3cnnn3)c2)cc1OC. The molecule has 1 amide bonds. The van der Waals surface area contributed by atoms with Crippen LogP contribution in [0.5, 0.6) is 11.5 Å². The first-order valence-corrected chi connectivity index (χ1v) is 11.4. The topological polar surface area (TPSA) is 104 Å². The molecule has 36 heavy (non-hydrogen) atoms. The predicted molar refractivity (Wildman–Crippen MR) is 135 cm³/mol. The molecule has 5 aromatic rings. The van der Waals surface area contributed by atoms with Gasteiger partial charge in [-0.2, -0.15) is 0 Å². The zero-order chi connectivity index (χ0) is 24.9. The molecule has 0 spiro atoms. The van der Waals surface area contributed by atoms with Crippen molar-refractivity contribution in [1.29, 1.82) is 0 Å². The van der Waals surface area contributed by atoms with E-state index in [9.17, 15) is 4.79 Å². The Balaban J connectivity index is 1.42. The second kappa shape index (κ2) is 10.2. The number of nitrogens with zero attached hydrogens (tertiary/aromatic N) is 5. The van der Waals surface area contributed by atoms with Crippen LogP contribution in [0.2, 0.25) is 0 Å². The van der Waals surface area contributed by atoms with Crippen LogP contribution in [0.3, 0.4) is 0 Å². The lowest BCUT2D eigenvalue weighted by Crippen LogP contribution is -2.26. The highest BCUT2D eigenvalue weighted by atomic mass is 16.5. The number of hydrogen-bond acceptors (Lipinski definition) is 7. The van der Waals surface area contributed by atoms with Crippen LogP contribution in [0, 0.1) is 0 Å². The van der Waals surface area contributed by atoms with E-state index in [0.717, 1.165) is 27.6 Å². The van der Waals surface area contributed by atoms with E-state index in [1.807, 2.05) is 60.7 Å². The minimum Gasteiger partial charge on any atom is -0.493 e. The highest BCUT2D eigenvalue weighted by Crippen LogP contribution is 2.30. The first kappa shape index (κ1) is 23.0. The fourth-order valence-electron chi connectivity index (χ4n) is 4.11. The molecule has 9 heteroatoms. The summed E-state index contributed by atoms with van der Waals surface area (Å²) in [5.74, 6) is 1.13. The van der Waals surface area contributed by atoms with Crippen molar-refractivity contribution in [1.82, 2.24) is 30.5 Å². The lowest BCUT2D eigenvalue weighted by atomic mass is 9.99. The average molecular weight is 481 g/mol. The van der Waals surface area contributed by atoms with Crippen molar-refractivity contribution in [3.05, 3.63) is 90.4 Å². The summed E-state index contributed by atoms with van der Waals surface area (Å²) < 4.78 is 12.2. The Morgan fingerprint density at radius 2 is 1.83 bits per heavy atom. The normalized spacial score (nSPS) is 10.8. The van der Waals surface area contributed by atoms with Crippen molar-refractivity contribution < 1.29 is 14.3 Å². The zero-order valence-electron chi connectivity index (χ0n) is 19.9. The maximum Gasteiger partial charge on any atom is 0.251 e. The molecule has 5 rings (SSSR count). The molecule has 180 valence electrons. The first-order chi connectivity index (χ1) is 17.7. The van der Waals surface area contributed by atoms with Crippen molar-refractivity contribution in [3.63, 3.8) is 0 Å². The largest absolute Gasteiger partial charge is 0.493 e. The van der Waals surface area contributed by atoms with Gasteiger partial charge in [-0.1, -0.05) is 30.3 Å². The molecule has 2 heterocycles. The Morgan fingerprint density at radius 3 is 2.64 bits per heavy atom. The lowest BCUT2D eigenvalue weighted by molar-refractivity contribution is 0.0954. The Labute approximate surface area is 207 Å². The summed E-state index contributed by atoms with van der Waals surface area (Å²) in [5.41, 5.74) is 4.82. The summed E-state index contributed by atoms with van der Waals surface area (Å²) in [6.07, 6.45) is 3.90. The van der Waals surface area contributed by atoms with E-state index < -0.39 is 0 Å². The summed E-state index contributed by atoms with van der Waals surface area (Å²) in [7, 11) is 3.20. The summed E-state index contributed by atoms with van der Waals surface area (Å²) in [5, 5.41) is 15.5. The van der Waals surface area contributed by atoms with Gasteiger partial charge in [0.1, 0.15) is 6.33 Å². The van der Waals surface area contributed by atoms with E-state index in [4.69, 9.17) is 9.47 Å². The lowest BCUT2D eigenvalue weighted by Gasteiger charge is -2.12. The number of aromatic nitrogens is 5. The van der Waals surface area contributed by atoms with Gasteiger partial charge >= 0.3 is 0 Å². The number of rotatable bonds is 8. The minimum absolute atomic E-state index is 0.195. The number of para-hydroxylation sites is 1. The van der Waals surface area contributed by atoms with Crippen LogP contribution in [0.4, 0.5) is 0 Å². The molecule has 0 saturated heterocycles. The molecule has 2 aromatic heterocycles. The van der Waals surface area contributed by atoms with Crippen molar-refractivity contribution in [2.45, 2.75) is 6.42 Å². The molecule has 0 unspecified atom stereocenters. The van der Waals surface area contributed by atoms with Gasteiger partial charge in [-0.15, -0.1) is 5.10 Å². The smallest absolute Gasteiger partial charge is 0.251 e. The van der Waals surface area contributed by atoms with Crippen LogP contribution in [0.15, 0.2) is 79.3 Å². The van der Waals surface area contributed by atoms with Gasteiger partial charge in [0.2, 0.25) is 0 Å². The number of carbonyl (C=O) groups is 1. The molecule has 0 fully saturated rings. The molecule has 0 bridgehead atoms. The molecule has 0 aliphatic heterocycles. The summed E-state index contributed by atoms with van der Waals surface area (Å²) in [6, 6.07) is 21.2. The molecule has 0 aliphatic rings. The molecule has 0 saturated carbocycles. The van der Waals surface area contributed by atoms with E-state index in [0.29, 0.717) is 35.7 Å². The number of tetrazole rings is 1. The third kappa shape index (κ3) is 4.72. The zero-order valence-corrected chi connectivity index (χ0v) is 19.9. The number of hydrogen-bond donors (Lipinski definition) is 1. The van der Waals surface area contributed by atoms with Crippen molar-refractivity contribution in [2.75, 3.05) is 20.8 Å². The number of methoxy groups -OCH3 is 2. The van der Waals surface area contributed by atoms with Crippen LogP contribution < -0.4 is 14.8 Å². The molecule has 0 aliphatic carbocycles. The fourth-order valence-corrected chi connectivity index (χ4v) is 4.11. The van der Waals surface area contributed by atoms with Crippen LogP contribution in [-0.4, -0.2) is 51.9 Å². The number of amides is 1. The van der Waals surface area contributed by atoms with Crippen LogP contribution in [-0.2, 0) is 6.42 Å². The summed E-state index contributed by atoms with van der Waals surface area (Å²) in [6.45, 7) is 0.453. The Morgan fingerprint density at radius 1 is 0.972 bits per heavy atom. The van der Waals surface area contributed by atoms with Gasteiger partial charge in [-0.05, 0) is 64.4 Å². The second-order valence-corrected chi connectivity index (χ2v) is 8.10. The molecule has 0 radical (unpaired) electrons. The third-order valence-electron chi connectivity index (χ3n) is 5.88. The second-order valence-electron chi connectivity index (χ2n) is 8.10. The van der Waals surface area contributed by atoms with Gasteiger partial charge in [0, 0.05) is 29.3 Å². The average Bonchev–Trinajstić information content (AvgIpc) is 3.47. The maximum atomic E-state index is 13.2. The highest BCUT2D eigenvalue weighted by Gasteiger charge is 2.14. The van der Waals surface area contributed by atoms with E-state index in [2.05, 4.69) is 25.8 Å². The van der Waals surface area contributed by atoms with E-state index in [-0.39, 0.29) is 5.91 Å². The molecule has 9 nitrogen and oxygen atoms in total. The molecular weight excluding hydrogens is 456 g/mol. The van der Waals surface area contributed by atoms with E-state index in [1.165, 1.54) is 11.0 Å². The fraction of sp³-hybridized carbons (Fsp3) is 0.148. The van der Waals surface area contributed by atoms with Gasteiger partial charge in [0.25, 0.3) is 5.91 Å². The molecular formula is C27H24N6O3. The summed E-state index contributed by atoms with van der Waals surface area (Å²) >= 11 is 0.